The number of ether oxygens (including phenoxy) is 2. The lowest BCUT2D eigenvalue weighted by atomic mass is 10.0. The molecule has 0 aliphatic rings. The summed E-state index contributed by atoms with van der Waals surface area (Å²) in [6, 6.07) is 35.8. The van der Waals surface area contributed by atoms with Crippen LogP contribution in [0, 0.1) is 0 Å². The zero-order valence-electron chi connectivity index (χ0n) is 21.9. The summed E-state index contributed by atoms with van der Waals surface area (Å²) in [5.41, 5.74) is 0.913. The monoisotopic (exact) mass is 562 g/mol. The summed E-state index contributed by atoms with van der Waals surface area (Å²) in [7, 11) is 3.20. The molecule has 40 heavy (non-hydrogen) atoms. The topological polar surface area (TPSA) is 58.9 Å². The fourth-order valence-electron chi connectivity index (χ4n) is 4.72. The van der Waals surface area contributed by atoms with Gasteiger partial charge in [-0.1, -0.05) is 84.2 Å². The Hall–Kier alpha value is -4.26. The summed E-state index contributed by atoms with van der Waals surface area (Å²) in [5, 5.41) is 26.8. The number of methoxy groups -OCH3 is 2. The number of fused-ring (bicyclic) bond motifs is 2. The number of hydrogen-bond donors (Lipinski definition) is 2. The van der Waals surface area contributed by atoms with Crippen LogP contribution in [-0.4, -0.2) is 24.4 Å². The maximum Gasteiger partial charge on any atom is 0.133 e. The Kier molecular flexibility index (Phi) is 7.20. The van der Waals surface area contributed by atoms with E-state index in [1.807, 2.05) is 24.3 Å². The molecule has 0 fully saturated rings. The van der Waals surface area contributed by atoms with E-state index in [1.54, 1.807) is 38.5 Å². The van der Waals surface area contributed by atoms with Gasteiger partial charge >= 0.3 is 0 Å². The van der Waals surface area contributed by atoms with E-state index >= 15 is 0 Å². The van der Waals surface area contributed by atoms with Crippen LogP contribution in [-0.2, 0) is 0 Å². The minimum atomic E-state index is 0.0383. The summed E-state index contributed by atoms with van der Waals surface area (Å²) in [5.74, 6) is 1.27. The Morgan fingerprint density at radius 1 is 0.475 bits per heavy atom. The molecule has 6 heteroatoms. The van der Waals surface area contributed by atoms with E-state index in [1.165, 1.54) is 34.3 Å². The summed E-state index contributed by atoms with van der Waals surface area (Å²) in [4.78, 5) is 3.61. The van der Waals surface area contributed by atoms with Crippen LogP contribution in [0.3, 0.4) is 0 Å². The first-order valence-corrected chi connectivity index (χ1v) is 14.3. The summed E-state index contributed by atoms with van der Waals surface area (Å²) in [6.45, 7) is 0. The molecule has 0 saturated heterocycles. The van der Waals surface area contributed by atoms with Crippen LogP contribution in [0.15, 0.2) is 129 Å². The Bertz CT molecular complexity index is 1730. The van der Waals surface area contributed by atoms with Gasteiger partial charge in [0.15, 0.2) is 0 Å². The Morgan fingerprint density at radius 3 is 1.27 bits per heavy atom. The van der Waals surface area contributed by atoms with Crippen molar-refractivity contribution in [3.63, 3.8) is 0 Å². The third-order valence-corrected chi connectivity index (χ3v) is 8.81. The van der Waals surface area contributed by atoms with Crippen LogP contribution >= 0.6 is 23.5 Å². The third-order valence-electron chi connectivity index (χ3n) is 6.75. The van der Waals surface area contributed by atoms with E-state index in [9.17, 15) is 10.2 Å². The van der Waals surface area contributed by atoms with Gasteiger partial charge < -0.3 is 19.7 Å². The number of aromatic hydroxyl groups is 2. The van der Waals surface area contributed by atoms with E-state index < -0.39 is 0 Å². The van der Waals surface area contributed by atoms with E-state index in [4.69, 9.17) is 9.47 Å². The average molecular weight is 563 g/mol. The van der Waals surface area contributed by atoms with Gasteiger partial charge in [0.05, 0.1) is 24.0 Å². The lowest BCUT2D eigenvalue weighted by molar-refractivity contribution is 0.400. The molecule has 0 aliphatic carbocycles. The molecule has 6 aromatic rings. The molecule has 0 amide bonds. The number of phenolic OH excluding ortho intramolecular Hbond substituents is 2. The van der Waals surface area contributed by atoms with Crippen molar-refractivity contribution in [1.29, 1.82) is 0 Å². The molecule has 6 rings (SSSR count). The van der Waals surface area contributed by atoms with E-state index in [2.05, 4.69) is 60.7 Å². The minimum absolute atomic E-state index is 0.0383. The van der Waals surface area contributed by atoms with E-state index in [0.717, 1.165) is 30.4 Å². The standard InChI is InChI=1S/C34H26O4S2/c1-37-31-17-27(29(35)19-33(31)39-25-13-11-21-7-3-5-9-23(21)15-25)28-18-32(38-2)34(20-30(28)36)40-26-14-12-22-8-4-6-10-24(22)16-26/h3-20,35-36H,1-2H3. The molecule has 0 unspecified atom stereocenters. The van der Waals surface area contributed by atoms with Crippen molar-refractivity contribution in [2.45, 2.75) is 19.6 Å². The summed E-state index contributed by atoms with van der Waals surface area (Å²) < 4.78 is 11.4. The minimum Gasteiger partial charge on any atom is -0.507 e. The van der Waals surface area contributed by atoms with E-state index in [0.29, 0.717) is 22.6 Å². The van der Waals surface area contributed by atoms with Gasteiger partial charge in [0.25, 0.3) is 0 Å². The fourth-order valence-corrected chi connectivity index (χ4v) is 6.70. The zero-order valence-corrected chi connectivity index (χ0v) is 23.6. The van der Waals surface area contributed by atoms with Gasteiger partial charge in [-0.25, -0.2) is 0 Å². The molecule has 0 aromatic heterocycles. The van der Waals surface area contributed by atoms with Crippen LogP contribution in [0.2, 0.25) is 0 Å². The lowest BCUT2D eigenvalue weighted by Gasteiger charge is -2.16. The molecule has 2 N–H and O–H groups in total. The molecule has 0 radical (unpaired) electrons. The van der Waals surface area contributed by atoms with Gasteiger partial charge in [0, 0.05) is 20.9 Å². The largest absolute Gasteiger partial charge is 0.507 e. The third kappa shape index (κ3) is 5.16. The van der Waals surface area contributed by atoms with Crippen molar-refractivity contribution >= 4 is 45.1 Å². The Balaban J connectivity index is 1.33. The van der Waals surface area contributed by atoms with Crippen molar-refractivity contribution in [1.82, 2.24) is 0 Å². The lowest BCUT2D eigenvalue weighted by Crippen LogP contribution is -1.92. The van der Waals surface area contributed by atoms with Gasteiger partial charge in [-0.2, -0.15) is 0 Å². The molecule has 0 saturated carbocycles. The maximum absolute atomic E-state index is 11.1. The normalized spacial score (nSPS) is 11.2. The molecule has 0 heterocycles. The summed E-state index contributed by atoms with van der Waals surface area (Å²) >= 11 is 3.02. The molecule has 0 spiro atoms. The van der Waals surface area contributed by atoms with E-state index in [-0.39, 0.29) is 11.5 Å². The first-order chi connectivity index (χ1) is 19.5. The van der Waals surface area contributed by atoms with Gasteiger partial charge in [0.1, 0.15) is 23.0 Å². The predicted molar refractivity (Wildman–Crippen MR) is 164 cm³/mol. The number of benzene rings is 6. The SMILES string of the molecule is COc1cc(-c2cc(OC)c(Sc3ccc4ccccc4c3)cc2O)c(O)cc1Sc1ccc2ccccc2c1. The Labute approximate surface area is 241 Å². The van der Waals surface area contributed by atoms with Crippen molar-refractivity contribution in [3.05, 3.63) is 109 Å². The second-order valence-electron chi connectivity index (χ2n) is 9.26. The highest BCUT2D eigenvalue weighted by molar-refractivity contribution is 7.99. The van der Waals surface area contributed by atoms with Gasteiger partial charge in [-0.15, -0.1) is 0 Å². The van der Waals surface area contributed by atoms with Crippen LogP contribution in [0.25, 0.3) is 32.7 Å². The molecule has 6 aromatic carbocycles. The zero-order chi connectivity index (χ0) is 27.6. The highest BCUT2D eigenvalue weighted by Crippen LogP contribution is 2.48. The number of phenols is 2. The maximum atomic E-state index is 11.1. The van der Waals surface area contributed by atoms with Gasteiger partial charge in [-0.3, -0.25) is 0 Å². The second kappa shape index (κ2) is 11.1. The molecule has 0 aliphatic heterocycles. The van der Waals surface area contributed by atoms with Crippen LogP contribution in [0.4, 0.5) is 0 Å². The molecule has 198 valence electrons. The predicted octanol–water partition coefficient (Wildman–Crippen LogP) is 9.39. The van der Waals surface area contributed by atoms with Gasteiger partial charge in [-0.05, 0) is 70.1 Å². The number of rotatable bonds is 7. The van der Waals surface area contributed by atoms with Crippen LogP contribution in [0.5, 0.6) is 23.0 Å². The van der Waals surface area contributed by atoms with Crippen LogP contribution in [0.1, 0.15) is 0 Å². The molecule has 0 bridgehead atoms. The molecular weight excluding hydrogens is 537 g/mol. The molecule has 0 atom stereocenters. The first-order valence-electron chi connectivity index (χ1n) is 12.7. The smallest absolute Gasteiger partial charge is 0.133 e. The molecular formula is C34H26O4S2. The van der Waals surface area contributed by atoms with Gasteiger partial charge in [0.2, 0.25) is 0 Å². The van der Waals surface area contributed by atoms with Crippen molar-refractivity contribution in [3.8, 4) is 34.1 Å². The molecule has 4 nitrogen and oxygen atoms in total. The van der Waals surface area contributed by atoms with Crippen LogP contribution < -0.4 is 9.47 Å². The van der Waals surface area contributed by atoms with Crippen molar-refractivity contribution in [2.24, 2.45) is 0 Å². The highest BCUT2D eigenvalue weighted by atomic mass is 32.2. The average Bonchev–Trinajstić information content (AvgIpc) is 2.97. The summed E-state index contributed by atoms with van der Waals surface area (Å²) in [6.07, 6.45) is 0. The highest BCUT2D eigenvalue weighted by Gasteiger charge is 2.19. The number of hydrogen-bond acceptors (Lipinski definition) is 6. The first kappa shape index (κ1) is 26.0. The quantitative estimate of drug-likeness (QED) is 0.202. The fraction of sp³-hybridized carbons (Fsp3) is 0.0588. The Morgan fingerprint density at radius 2 is 0.875 bits per heavy atom. The van der Waals surface area contributed by atoms with Crippen molar-refractivity contribution in [2.75, 3.05) is 14.2 Å². The second-order valence-corrected chi connectivity index (χ2v) is 11.5. The van der Waals surface area contributed by atoms with Crippen molar-refractivity contribution < 1.29 is 19.7 Å².